The molecule has 0 aromatic rings. The zero-order valence-electron chi connectivity index (χ0n) is 7.25. The highest BCUT2D eigenvalue weighted by Crippen LogP contribution is 2.51. The molecule has 3 unspecified atom stereocenters. The van der Waals surface area contributed by atoms with Crippen molar-refractivity contribution in [3.63, 3.8) is 0 Å². The lowest BCUT2D eigenvalue weighted by molar-refractivity contribution is -0.127. The smallest absolute Gasteiger partial charge is 0.144 e. The van der Waals surface area contributed by atoms with Gasteiger partial charge in [0.2, 0.25) is 0 Å². The maximum atomic E-state index is 11.3. The van der Waals surface area contributed by atoms with Gasteiger partial charge in [0.25, 0.3) is 0 Å². The molecule has 0 bridgehead atoms. The normalized spacial score (nSPS) is 44.5. The molecule has 3 aliphatic rings. The average Bonchev–Trinajstić information content (AvgIpc) is 2.35. The third kappa shape index (κ3) is 0.720. The molecule has 0 aliphatic heterocycles. The van der Waals surface area contributed by atoms with Crippen molar-refractivity contribution in [3.8, 4) is 0 Å². The summed E-state index contributed by atoms with van der Waals surface area (Å²) in [7, 11) is 0. The second-order valence-corrected chi connectivity index (χ2v) is 4.47. The summed E-state index contributed by atoms with van der Waals surface area (Å²) in [5, 5.41) is 0. The number of carbonyl (C=O) groups is 1. The average molecular weight is 162 g/mol. The monoisotopic (exact) mass is 162 g/mol. The van der Waals surface area contributed by atoms with Gasteiger partial charge in [-0.15, -0.1) is 0 Å². The Morgan fingerprint density at radius 1 is 1.25 bits per heavy atom. The van der Waals surface area contributed by atoms with Gasteiger partial charge in [-0.25, -0.2) is 0 Å². The Bertz CT molecular complexity index is 264. The number of hydrogen-bond acceptors (Lipinski definition) is 1. The molecule has 0 heterocycles. The molecule has 1 nitrogen and oxygen atoms in total. The molecule has 3 aliphatic carbocycles. The minimum Gasteiger partial charge on any atom is -0.299 e. The van der Waals surface area contributed by atoms with Crippen LogP contribution in [0.2, 0.25) is 0 Å². The summed E-state index contributed by atoms with van der Waals surface area (Å²) in [5.74, 6) is 2.44. The second-order valence-electron chi connectivity index (χ2n) is 4.47. The fourth-order valence-electron chi connectivity index (χ4n) is 3.26. The molecule has 0 amide bonds. The molecule has 2 saturated carbocycles. The minimum absolute atomic E-state index is 0.398. The van der Waals surface area contributed by atoms with Crippen molar-refractivity contribution in [2.24, 2.45) is 17.8 Å². The summed E-state index contributed by atoms with van der Waals surface area (Å²) in [4.78, 5) is 11.3. The van der Waals surface area contributed by atoms with Gasteiger partial charge in [0.05, 0.1) is 0 Å². The number of Topliss-reactive ketones (excluding diaryl/α,β-unsaturated/α-hetero) is 1. The first-order valence-electron chi connectivity index (χ1n) is 5.09. The van der Waals surface area contributed by atoms with Gasteiger partial charge in [-0.2, -0.15) is 0 Å². The molecule has 3 atom stereocenters. The van der Waals surface area contributed by atoms with Crippen LogP contribution in [0.1, 0.15) is 32.1 Å². The Balaban J connectivity index is 1.89. The summed E-state index contributed by atoms with van der Waals surface area (Å²) in [6, 6.07) is 0. The third-order valence-electron chi connectivity index (χ3n) is 3.86. The van der Waals surface area contributed by atoms with Gasteiger partial charge in [-0.05, 0) is 24.7 Å². The largest absolute Gasteiger partial charge is 0.299 e. The lowest BCUT2D eigenvalue weighted by Gasteiger charge is -2.33. The molecule has 0 N–H and O–H groups in total. The molecular formula is C11H14O. The molecular weight excluding hydrogens is 148 g/mol. The van der Waals surface area contributed by atoms with E-state index < -0.39 is 0 Å². The zero-order chi connectivity index (χ0) is 8.13. The predicted octanol–water partition coefficient (Wildman–Crippen LogP) is 2.32. The van der Waals surface area contributed by atoms with Gasteiger partial charge in [0.15, 0.2) is 0 Å². The van der Waals surface area contributed by atoms with Gasteiger partial charge in [-0.3, -0.25) is 4.79 Å². The SMILES string of the molecule is O=C1CC2=CC3CCCCC3C12. The number of ketones is 1. The lowest BCUT2D eigenvalue weighted by atomic mass is 9.69. The quantitative estimate of drug-likeness (QED) is 0.499. The highest BCUT2D eigenvalue weighted by atomic mass is 16.1. The van der Waals surface area contributed by atoms with Gasteiger partial charge in [0.1, 0.15) is 5.78 Å². The Hall–Kier alpha value is -0.590. The van der Waals surface area contributed by atoms with E-state index in [1.54, 1.807) is 0 Å². The fourth-order valence-corrected chi connectivity index (χ4v) is 3.26. The summed E-state index contributed by atoms with van der Waals surface area (Å²) >= 11 is 0. The van der Waals surface area contributed by atoms with Crippen molar-refractivity contribution in [2.75, 3.05) is 0 Å². The molecule has 0 radical (unpaired) electrons. The van der Waals surface area contributed by atoms with E-state index in [2.05, 4.69) is 6.08 Å². The number of fused-ring (bicyclic) bond motifs is 3. The van der Waals surface area contributed by atoms with E-state index in [-0.39, 0.29) is 0 Å². The maximum Gasteiger partial charge on any atom is 0.144 e. The first kappa shape index (κ1) is 6.88. The molecule has 2 fully saturated rings. The van der Waals surface area contributed by atoms with Crippen LogP contribution < -0.4 is 0 Å². The van der Waals surface area contributed by atoms with Crippen LogP contribution in [0.3, 0.4) is 0 Å². The van der Waals surface area contributed by atoms with Crippen LogP contribution in [-0.2, 0) is 4.79 Å². The predicted molar refractivity (Wildman–Crippen MR) is 46.6 cm³/mol. The number of rotatable bonds is 0. The van der Waals surface area contributed by atoms with Crippen molar-refractivity contribution in [2.45, 2.75) is 32.1 Å². The summed E-state index contributed by atoms with van der Waals surface area (Å²) < 4.78 is 0. The van der Waals surface area contributed by atoms with Gasteiger partial charge < -0.3 is 0 Å². The molecule has 0 aromatic carbocycles. The maximum absolute atomic E-state index is 11.3. The van der Waals surface area contributed by atoms with Crippen molar-refractivity contribution in [3.05, 3.63) is 11.6 Å². The molecule has 0 aromatic heterocycles. The molecule has 1 heteroatoms. The van der Waals surface area contributed by atoms with E-state index in [4.69, 9.17) is 0 Å². The van der Waals surface area contributed by atoms with Crippen LogP contribution in [0.25, 0.3) is 0 Å². The number of carbonyl (C=O) groups excluding carboxylic acids is 1. The van der Waals surface area contributed by atoms with Crippen molar-refractivity contribution in [1.82, 2.24) is 0 Å². The first-order chi connectivity index (χ1) is 5.86. The Morgan fingerprint density at radius 2 is 2.08 bits per heavy atom. The Kier molecular flexibility index (Phi) is 1.27. The topological polar surface area (TPSA) is 17.1 Å². The van der Waals surface area contributed by atoms with Gasteiger partial charge in [-0.1, -0.05) is 24.5 Å². The number of allylic oxidation sites excluding steroid dienone is 2. The summed E-state index contributed by atoms with van der Waals surface area (Å²) in [6.07, 6.45) is 8.59. The minimum atomic E-state index is 0.398. The van der Waals surface area contributed by atoms with E-state index in [0.29, 0.717) is 11.7 Å². The Labute approximate surface area is 72.8 Å². The van der Waals surface area contributed by atoms with E-state index in [1.807, 2.05) is 0 Å². The highest BCUT2D eigenvalue weighted by Gasteiger charge is 2.47. The molecule has 12 heavy (non-hydrogen) atoms. The van der Waals surface area contributed by atoms with Crippen LogP contribution >= 0.6 is 0 Å². The first-order valence-corrected chi connectivity index (χ1v) is 5.09. The van der Waals surface area contributed by atoms with Crippen molar-refractivity contribution in [1.29, 1.82) is 0 Å². The summed E-state index contributed by atoms with van der Waals surface area (Å²) in [5.41, 5.74) is 1.48. The number of hydrogen-bond donors (Lipinski definition) is 0. The van der Waals surface area contributed by atoms with Gasteiger partial charge >= 0.3 is 0 Å². The van der Waals surface area contributed by atoms with Gasteiger partial charge in [0, 0.05) is 12.3 Å². The van der Waals surface area contributed by atoms with Crippen LogP contribution in [0.5, 0.6) is 0 Å². The van der Waals surface area contributed by atoms with Crippen molar-refractivity contribution >= 4 is 5.78 Å². The van der Waals surface area contributed by atoms with Crippen LogP contribution in [-0.4, -0.2) is 5.78 Å². The van der Waals surface area contributed by atoms with E-state index in [0.717, 1.165) is 18.3 Å². The molecule has 0 spiro atoms. The fraction of sp³-hybridized carbons (Fsp3) is 0.727. The second kappa shape index (κ2) is 2.21. The van der Waals surface area contributed by atoms with Crippen LogP contribution in [0.4, 0.5) is 0 Å². The van der Waals surface area contributed by atoms with E-state index >= 15 is 0 Å². The third-order valence-corrected chi connectivity index (χ3v) is 3.86. The van der Waals surface area contributed by atoms with E-state index in [9.17, 15) is 4.79 Å². The Morgan fingerprint density at radius 3 is 2.92 bits per heavy atom. The van der Waals surface area contributed by atoms with Crippen LogP contribution in [0, 0.1) is 17.8 Å². The van der Waals surface area contributed by atoms with E-state index in [1.165, 1.54) is 31.3 Å². The molecule has 64 valence electrons. The summed E-state index contributed by atoms with van der Waals surface area (Å²) in [6.45, 7) is 0. The van der Waals surface area contributed by atoms with Crippen molar-refractivity contribution < 1.29 is 4.79 Å². The highest BCUT2D eigenvalue weighted by molar-refractivity contribution is 5.95. The molecule has 0 saturated heterocycles. The molecule has 3 rings (SSSR count). The van der Waals surface area contributed by atoms with Crippen LogP contribution in [0.15, 0.2) is 11.6 Å². The lowest BCUT2D eigenvalue weighted by Crippen LogP contribution is -2.34. The zero-order valence-corrected chi connectivity index (χ0v) is 7.25. The standard InChI is InChI=1S/C11H14O/c12-10-6-8-5-7-3-1-2-4-9(7)11(8)10/h5,7,9,11H,1-4,6H2.